The second-order valence-corrected chi connectivity index (χ2v) is 5.35. The normalized spacial score (nSPS) is 10.5. The Labute approximate surface area is 133 Å². The summed E-state index contributed by atoms with van der Waals surface area (Å²) in [5, 5.41) is 19.1. The van der Waals surface area contributed by atoms with Crippen LogP contribution in [0.4, 0.5) is 10.1 Å². The molecule has 0 unspecified atom stereocenters. The Kier molecular flexibility index (Phi) is 4.26. The van der Waals surface area contributed by atoms with E-state index in [2.05, 4.69) is 5.48 Å². The van der Waals surface area contributed by atoms with Crippen LogP contribution in [-0.4, -0.2) is 10.3 Å². The minimum absolute atomic E-state index is 0.169. The molecule has 3 nitrogen and oxygen atoms in total. The predicted molar refractivity (Wildman–Crippen MR) is 88.2 cm³/mol. The van der Waals surface area contributed by atoms with E-state index in [4.69, 9.17) is 5.21 Å². The van der Waals surface area contributed by atoms with E-state index in [1.54, 1.807) is 36.4 Å². The summed E-state index contributed by atoms with van der Waals surface area (Å²) in [6.45, 7) is 0. The Morgan fingerprint density at radius 2 is 1.61 bits per heavy atom. The van der Waals surface area contributed by atoms with Gasteiger partial charge in [0.2, 0.25) is 0 Å². The molecule has 116 valence electrons. The molecule has 3 rings (SSSR count). The van der Waals surface area contributed by atoms with E-state index in [0.29, 0.717) is 17.7 Å². The largest absolute Gasteiger partial charge is 0.507 e. The predicted octanol–water partition coefficient (Wildman–Crippen LogP) is 4.59. The molecule has 0 aliphatic heterocycles. The van der Waals surface area contributed by atoms with Crippen molar-refractivity contribution in [2.24, 2.45) is 0 Å². The average Bonchev–Trinajstić information content (AvgIpc) is 2.58. The third-order valence-electron chi connectivity index (χ3n) is 3.69. The minimum atomic E-state index is -0.256. The summed E-state index contributed by atoms with van der Waals surface area (Å²) in [5.41, 5.74) is 6.12. The Morgan fingerprint density at radius 1 is 0.870 bits per heavy atom. The zero-order chi connectivity index (χ0) is 16.2. The zero-order valence-electron chi connectivity index (χ0n) is 12.3. The third kappa shape index (κ3) is 3.49. The van der Waals surface area contributed by atoms with Crippen molar-refractivity contribution < 1.29 is 14.7 Å². The summed E-state index contributed by atoms with van der Waals surface area (Å²) in [5.74, 6) is -0.0867. The van der Waals surface area contributed by atoms with E-state index in [0.717, 1.165) is 16.7 Å². The Morgan fingerprint density at radius 3 is 2.35 bits per heavy atom. The quantitative estimate of drug-likeness (QED) is 0.618. The zero-order valence-corrected chi connectivity index (χ0v) is 12.3. The maximum absolute atomic E-state index is 13.0. The summed E-state index contributed by atoms with van der Waals surface area (Å²) in [6, 6.07) is 18.9. The van der Waals surface area contributed by atoms with Crippen molar-refractivity contribution in [1.29, 1.82) is 0 Å². The fourth-order valence-electron chi connectivity index (χ4n) is 2.52. The highest BCUT2D eigenvalue weighted by Crippen LogP contribution is 2.32. The van der Waals surface area contributed by atoms with Crippen molar-refractivity contribution in [3.63, 3.8) is 0 Å². The van der Waals surface area contributed by atoms with E-state index in [1.165, 1.54) is 12.1 Å². The van der Waals surface area contributed by atoms with Gasteiger partial charge in [-0.05, 0) is 59.5 Å². The first-order valence-electron chi connectivity index (χ1n) is 7.22. The van der Waals surface area contributed by atoms with E-state index in [-0.39, 0.29) is 11.6 Å². The maximum atomic E-state index is 13.0. The van der Waals surface area contributed by atoms with Gasteiger partial charge in [-0.3, -0.25) is 10.7 Å². The van der Waals surface area contributed by atoms with Gasteiger partial charge in [-0.15, -0.1) is 0 Å². The monoisotopic (exact) mass is 309 g/mol. The molecule has 23 heavy (non-hydrogen) atoms. The van der Waals surface area contributed by atoms with Gasteiger partial charge in [-0.25, -0.2) is 4.39 Å². The van der Waals surface area contributed by atoms with E-state index < -0.39 is 0 Å². The van der Waals surface area contributed by atoms with Gasteiger partial charge in [-0.2, -0.15) is 0 Å². The highest BCUT2D eigenvalue weighted by atomic mass is 19.1. The molecule has 0 bridgehead atoms. The van der Waals surface area contributed by atoms with Crippen LogP contribution in [0.1, 0.15) is 11.1 Å². The van der Waals surface area contributed by atoms with Crippen LogP contribution < -0.4 is 5.48 Å². The lowest BCUT2D eigenvalue weighted by molar-refractivity contribution is 0.389. The van der Waals surface area contributed by atoms with Crippen molar-refractivity contribution in [3.8, 4) is 16.9 Å². The van der Waals surface area contributed by atoms with Crippen molar-refractivity contribution >= 4 is 5.69 Å². The van der Waals surface area contributed by atoms with Crippen molar-refractivity contribution in [1.82, 2.24) is 0 Å². The summed E-state index contributed by atoms with van der Waals surface area (Å²) < 4.78 is 13.0. The highest BCUT2D eigenvalue weighted by molar-refractivity contribution is 5.73. The third-order valence-corrected chi connectivity index (χ3v) is 3.69. The molecule has 0 aliphatic rings. The van der Waals surface area contributed by atoms with E-state index in [1.807, 2.05) is 18.2 Å². The molecular weight excluding hydrogens is 293 g/mol. The number of hydrogen-bond acceptors (Lipinski definition) is 3. The number of anilines is 1. The molecule has 0 heterocycles. The van der Waals surface area contributed by atoms with Crippen LogP contribution in [0.15, 0.2) is 66.7 Å². The van der Waals surface area contributed by atoms with Crippen LogP contribution in [0.5, 0.6) is 5.75 Å². The number of phenols is 1. The molecular formula is C19H16FNO2. The van der Waals surface area contributed by atoms with E-state index >= 15 is 0 Å². The van der Waals surface area contributed by atoms with Crippen molar-refractivity contribution in [2.45, 2.75) is 6.42 Å². The lowest BCUT2D eigenvalue weighted by atomic mass is 9.98. The number of rotatable bonds is 4. The van der Waals surface area contributed by atoms with Crippen LogP contribution >= 0.6 is 0 Å². The van der Waals surface area contributed by atoms with Gasteiger partial charge in [0.25, 0.3) is 0 Å². The van der Waals surface area contributed by atoms with Crippen LogP contribution in [-0.2, 0) is 6.42 Å². The minimum Gasteiger partial charge on any atom is -0.507 e. The van der Waals surface area contributed by atoms with Crippen LogP contribution in [0.25, 0.3) is 11.1 Å². The van der Waals surface area contributed by atoms with Crippen LogP contribution in [0, 0.1) is 5.82 Å². The van der Waals surface area contributed by atoms with Crippen LogP contribution in [0.3, 0.4) is 0 Å². The second-order valence-electron chi connectivity index (χ2n) is 5.35. The lowest BCUT2D eigenvalue weighted by Gasteiger charge is -2.10. The number of nitrogens with one attached hydrogen (secondary N) is 1. The number of hydrogen-bond donors (Lipinski definition) is 3. The fraction of sp³-hybridized carbons (Fsp3) is 0.0526. The standard InChI is InChI=1S/C19H16FNO2/c20-16-7-4-13(5-8-16)10-14-6-9-19(22)18(11-14)15-2-1-3-17(12-15)21-23/h1-9,11-12,21-23H,10H2. The molecule has 3 aromatic rings. The Balaban J connectivity index is 1.93. The van der Waals surface area contributed by atoms with Gasteiger partial charge < -0.3 is 5.11 Å². The van der Waals surface area contributed by atoms with Gasteiger partial charge in [0, 0.05) is 5.56 Å². The molecule has 0 amide bonds. The molecule has 3 aromatic carbocycles. The summed E-state index contributed by atoms with van der Waals surface area (Å²) in [6.07, 6.45) is 0.644. The highest BCUT2D eigenvalue weighted by Gasteiger charge is 2.07. The summed E-state index contributed by atoms with van der Waals surface area (Å²) in [7, 11) is 0. The average molecular weight is 309 g/mol. The summed E-state index contributed by atoms with van der Waals surface area (Å²) in [4.78, 5) is 0. The molecule has 0 atom stereocenters. The molecule has 4 heteroatoms. The van der Waals surface area contributed by atoms with Crippen LogP contribution in [0.2, 0.25) is 0 Å². The molecule has 0 saturated heterocycles. The molecule has 0 aromatic heterocycles. The maximum Gasteiger partial charge on any atom is 0.123 e. The Hall–Kier alpha value is -2.85. The van der Waals surface area contributed by atoms with Gasteiger partial charge in [0.05, 0.1) is 5.69 Å². The van der Waals surface area contributed by atoms with Crippen molar-refractivity contribution in [3.05, 3.63) is 83.7 Å². The second kappa shape index (κ2) is 6.50. The number of halogens is 1. The SMILES string of the molecule is ONc1cccc(-c2cc(Cc3ccc(F)cc3)ccc2O)c1. The molecule has 0 saturated carbocycles. The van der Waals surface area contributed by atoms with Gasteiger partial charge >= 0.3 is 0 Å². The lowest BCUT2D eigenvalue weighted by Crippen LogP contribution is -1.91. The molecule has 0 aliphatic carbocycles. The first-order valence-corrected chi connectivity index (χ1v) is 7.22. The molecule has 0 radical (unpaired) electrons. The molecule has 0 fully saturated rings. The Bertz CT molecular complexity index is 816. The van der Waals surface area contributed by atoms with Crippen molar-refractivity contribution in [2.75, 3.05) is 5.48 Å². The van der Waals surface area contributed by atoms with Gasteiger partial charge in [-0.1, -0.05) is 30.3 Å². The molecule has 0 spiro atoms. The summed E-state index contributed by atoms with van der Waals surface area (Å²) >= 11 is 0. The fourth-order valence-corrected chi connectivity index (χ4v) is 2.52. The smallest absolute Gasteiger partial charge is 0.123 e. The number of phenolic OH excluding ortho intramolecular Hbond substituents is 1. The first kappa shape index (κ1) is 15.1. The first-order chi connectivity index (χ1) is 11.2. The van der Waals surface area contributed by atoms with Gasteiger partial charge in [0.1, 0.15) is 11.6 Å². The topological polar surface area (TPSA) is 52.5 Å². The number of aromatic hydroxyl groups is 1. The number of benzene rings is 3. The van der Waals surface area contributed by atoms with Gasteiger partial charge in [0.15, 0.2) is 0 Å². The van der Waals surface area contributed by atoms with E-state index in [9.17, 15) is 9.50 Å². The molecule has 3 N–H and O–H groups in total.